The Kier molecular flexibility index (Phi) is 7.13. The number of hydrogen-bond acceptors (Lipinski definition) is 6. The van der Waals surface area contributed by atoms with Gasteiger partial charge >= 0.3 is 0 Å². The van der Waals surface area contributed by atoms with Crippen molar-refractivity contribution in [1.29, 1.82) is 0 Å². The van der Waals surface area contributed by atoms with Gasteiger partial charge in [-0.15, -0.1) is 0 Å². The first-order chi connectivity index (χ1) is 9.66. The summed E-state index contributed by atoms with van der Waals surface area (Å²) in [4.78, 5) is 11.6. The Balaban J connectivity index is 0.00000220. The summed E-state index contributed by atoms with van der Waals surface area (Å²) in [6.07, 6.45) is 0. The van der Waals surface area contributed by atoms with Gasteiger partial charge in [0.05, 0.1) is 0 Å². The van der Waals surface area contributed by atoms with Crippen LogP contribution in [0.15, 0.2) is 33.4 Å². The number of halogens is 2. The molecular weight excluding hydrogens is 362 g/mol. The first kappa shape index (κ1) is 17.4. The van der Waals surface area contributed by atoms with Gasteiger partial charge in [0.25, 0.3) is 5.91 Å². The van der Waals surface area contributed by atoms with E-state index in [0.29, 0.717) is 13.1 Å². The number of nitrogens with one attached hydrogen (secondary N) is 2. The number of carbonyl (C=O) groups is 1. The Morgan fingerprint density at radius 1 is 1.24 bits per heavy atom. The second kappa shape index (κ2) is 8.60. The van der Waals surface area contributed by atoms with Crippen LogP contribution in [0, 0.1) is 0 Å². The standard InChI is InChI=1S/C12H14BrN5O2.ClH/c13-9-3-1-8(2-4-9)7-15-5-6-16-12(19)10-11(14)18-20-17-10;/h1-4,15H,5-7H2,(H2,14,18)(H,16,19);1H/p-1. The summed E-state index contributed by atoms with van der Waals surface area (Å²) in [6.45, 7) is 1.82. The lowest BCUT2D eigenvalue weighted by atomic mass is 10.2. The molecule has 4 N–H and O–H groups in total. The van der Waals surface area contributed by atoms with E-state index in [4.69, 9.17) is 5.73 Å². The highest BCUT2D eigenvalue weighted by atomic mass is 79.9. The van der Waals surface area contributed by atoms with Gasteiger partial charge < -0.3 is 28.8 Å². The van der Waals surface area contributed by atoms with E-state index in [9.17, 15) is 4.79 Å². The molecule has 1 amide bonds. The number of nitrogens with two attached hydrogens (primary N) is 1. The van der Waals surface area contributed by atoms with Crippen molar-refractivity contribution < 1.29 is 21.8 Å². The third-order valence-electron chi connectivity index (χ3n) is 2.56. The molecule has 0 saturated carbocycles. The van der Waals surface area contributed by atoms with Gasteiger partial charge in [-0.1, -0.05) is 28.1 Å². The Morgan fingerprint density at radius 2 is 1.95 bits per heavy atom. The molecule has 21 heavy (non-hydrogen) atoms. The molecule has 0 bridgehead atoms. The molecule has 0 aliphatic carbocycles. The molecule has 0 spiro atoms. The highest BCUT2D eigenvalue weighted by Crippen LogP contribution is 2.10. The summed E-state index contributed by atoms with van der Waals surface area (Å²) < 4.78 is 5.40. The quantitative estimate of drug-likeness (QED) is 0.501. The monoisotopic (exact) mass is 374 g/mol. The third kappa shape index (κ3) is 5.33. The fraction of sp³-hybridized carbons (Fsp3) is 0.250. The van der Waals surface area contributed by atoms with Crippen LogP contribution in [-0.2, 0) is 6.54 Å². The summed E-state index contributed by atoms with van der Waals surface area (Å²) in [5.74, 6) is -0.403. The minimum Gasteiger partial charge on any atom is -1.00 e. The highest BCUT2D eigenvalue weighted by molar-refractivity contribution is 9.10. The van der Waals surface area contributed by atoms with Crippen LogP contribution in [-0.4, -0.2) is 29.3 Å². The molecule has 0 atom stereocenters. The average molecular weight is 376 g/mol. The van der Waals surface area contributed by atoms with Gasteiger partial charge in [0, 0.05) is 24.1 Å². The maximum Gasteiger partial charge on any atom is 0.277 e. The Bertz CT molecular complexity index is 575. The van der Waals surface area contributed by atoms with Crippen LogP contribution in [0.2, 0.25) is 0 Å². The second-order valence-electron chi connectivity index (χ2n) is 4.06. The van der Waals surface area contributed by atoms with Gasteiger partial charge in [0.15, 0.2) is 0 Å². The summed E-state index contributed by atoms with van der Waals surface area (Å²) in [7, 11) is 0. The number of benzene rings is 1. The second-order valence-corrected chi connectivity index (χ2v) is 4.97. The Morgan fingerprint density at radius 3 is 2.57 bits per heavy atom. The molecule has 0 aliphatic rings. The first-order valence-electron chi connectivity index (χ1n) is 5.98. The smallest absolute Gasteiger partial charge is 0.277 e. The zero-order chi connectivity index (χ0) is 14.4. The molecule has 114 valence electrons. The molecule has 2 aromatic rings. The van der Waals surface area contributed by atoms with Gasteiger partial charge in [-0.2, -0.15) is 0 Å². The van der Waals surface area contributed by atoms with Crippen molar-refractivity contribution in [2.75, 3.05) is 18.8 Å². The third-order valence-corrected chi connectivity index (χ3v) is 3.09. The van der Waals surface area contributed by atoms with Crippen molar-refractivity contribution >= 4 is 27.7 Å². The average Bonchev–Trinajstić information content (AvgIpc) is 2.86. The number of amides is 1. The Labute approximate surface area is 136 Å². The first-order valence-corrected chi connectivity index (χ1v) is 6.77. The van der Waals surface area contributed by atoms with Crippen LogP contribution in [0.1, 0.15) is 16.1 Å². The van der Waals surface area contributed by atoms with E-state index >= 15 is 0 Å². The SMILES string of the molecule is Nc1nonc1C(=O)NCCNCc1ccc(Br)cc1.[Cl-]. The molecule has 0 fully saturated rings. The van der Waals surface area contributed by atoms with E-state index in [1.807, 2.05) is 24.3 Å². The lowest BCUT2D eigenvalue weighted by Gasteiger charge is -2.06. The molecule has 1 heterocycles. The van der Waals surface area contributed by atoms with E-state index in [1.165, 1.54) is 5.56 Å². The molecule has 9 heteroatoms. The van der Waals surface area contributed by atoms with E-state index in [-0.39, 0.29) is 23.9 Å². The van der Waals surface area contributed by atoms with Crippen LogP contribution < -0.4 is 28.8 Å². The summed E-state index contributed by atoms with van der Waals surface area (Å²) in [5.41, 5.74) is 6.60. The molecule has 7 nitrogen and oxygen atoms in total. The van der Waals surface area contributed by atoms with E-state index in [2.05, 4.69) is 41.5 Å². The minimum atomic E-state index is -0.394. The summed E-state index contributed by atoms with van der Waals surface area (Å²) >= 11 is 3.38. The predicted octanol–water partition coefficient (Wildman–Crippen LogP) is -2.06. The molecule has 0 saturated heterocycles. The maximum atomic E-state index is 11.6. The van der Waals surface area contributed by atoms with Crippen LogP contribution >= 0.6 is 15.9 Å². The lowest BCUT2D eigenvalue weighted by molar-refractivity contribution is -0.0000129. The predicted molar refractivity (Wildman–Crippen MR) is 76.9 cm³/mol. The van der Waals surface area contributed by atoms with E-state index in [1.54, 1.807) is 0 Å². The highest BCUT2D eigenvalue weighted by Gasteiger charge is 2.14. The number of nitrogen functional groups attached to an aromatic ring is 1. The largest absolute Gasteiger partial charge is 1.00 e. The normalized spacial score (nSPS) is 9.95. The lowest BCUT2D eigenvalue weighted by Crippen LogP contribution is -3.00. The molecule has 0 radical (unpaired) electrons. The van der Waals surface area contributed by atoms with Gasteiger partial charge in [-0.3, -0.25) is 4.79 Å². The minimum absolute atomic E-state index is 0. The van der Waals surface area contributed by atoms with Crippen LogP contribution in [0.25, 0.3) is 0 Å². The van der Waals surface area contributed by atoms with E-state index in [0.717, 1.165) is 11.0 Å². The fourth-order valence-electron chi connectivity index (χ4n) is 1.54. The number of carbonyl (C=O) groups excluding carboxylic acids is 1. The van der Waals surface area contributed by atoms with Crippen molar-refractivity contribution in [2.45, 2.75) is 6.54 Å². The van der Waals surface area contributed by atoms with Crippen molar-refractivity contribution in [1.82, 2.24) is 20.9 Å². The zero-order valence-corrected chi connectivity index (χ0v) is 13.3. The van der Waals surface area contributed by atoms with Crippen molar-refractivity contribution in [3.8, 4) is 0 Å². The molecule has 0 unspecified atom stereocenters. The van der Waals surface area contributed by atoms with Gasteiger partial charge in [-0.05, 0) is 28.0 Å². The Hall–Kier alpha value is -1.64. The van der Waals surface area contributed by atoms with Crippen molar-refractivity contribution in [3.05, 3.63) is 40.0 Å². The van der Waals surface area contributed by atoms with Crippen LogP contribution in [0.5, 0.6) is 0 Å². The topological polar surface area (TPSA) is 106 Å². The van der Waals surface area contributed by atoms with Crippen LogP contribution in [0.3, 0.4) is 0 Å². The molecule has 0 aliphatic heterocycles. The molecular formula is C12H14BrClN5O2-. The summed E-state index contributed by atoms with van der Waals surface area (Å²) in [5, 5.41) is 12.6. The fourth-order valence-corrected chi connectivity index (χ4v) is 1.80. The van der Waals surface area contributed by atoms with Gasteiger partial charge in [0.2, 0.25) is 11.5 Å². The molecule has 1 aromatic carbocycles. The van der Waals surface area contributed by atoms with Gasteiger partial charge in [-0.25, -0.2) is 4.63 Å². The van der Waals surface area contributed by atoms with Crippen LogP contribution in [0.4, 0.5) is 5.82 Å². The zero-order valence-electron chi connectivity index (χ0n) is 11.0. The van der Waals surface area contributed by atoms with Crippen molar-refractivity contribution in [3.63, 3.8) is 0 Å². The number of anilines is 1. The number of rotatable bonds is 6. The number of aromatic nitrogens is 2. The maximum absolute atomic E-state index is 11.6. The number of hydrogen-bond donors (Lipinski definition) is 3. The van der Waals surface area contributed by atoms with Crippen molar-refractivity contribution in [2.24, 2.45) is 0 Å². The summed E-state index contributed by atoms with van der Waals surface area (Å²) in [6, 6.07) is 8.02. The molecule has 2 rings (SSSR count). The van der Waals surface area contributed by atoms with Gasteiger partial charge in [0.1, 0.15) is 0 Å². The number of nitrogens with zero attached hydrogens (tertiary/aromatic N) is 2. The molecule has 1 aromatic heterocycles. The van der Waals surface area contributed by atoms with E-state index < -0.39 is 5.91 Å².